The van der Waals surface area contributed by atoms with Crippen LogP contribution in [0.25, 0.3) is 0 Å². The Hall–Kier alpha value is -0.620. The summed E-state index contributed by atoms with van der Waals surface area (Å²) in [5.74, 6) is -0.0206. The van der Waals surface area contributed by atoms with Crippen molar-refractivity contribution in [3.8, 4) is 0 Å². The normalized spacial score (nSPS) is 16.6. The first kappa shape index (κ1) is 12.8. The van der Waals surface area contributed by atoms with E-state index in [1.165, 1.54) is 0 Å². The number of hydrogen-bond donors (Lipinski definition) is 2. The molecule has 0 atom stereocenters. The molecule has 2 N–H and O–H groups in total. The Bertz CT molecular complexity index is 416. The van der Waals surface area contributed by atoms with Crippen molar-refractivity contribution in [1.29, 1.82) is 0 Å². The summed E-state index contributed by atoms with van der Waals surface area (Å²) in [7, 11) is 0. The Morgan fingerprint density at radius 3 is 2.82 bits per heavy atom. The fourth-order valence-corrected chi connectivity index (χ4v) is 2.47. The second-order valence-electron chi connectivity index (χ2n) is 4.67. The minimum atomic E-state index is -0.0206. The summed E-state index contributed by atoms with van der Waals surface area (Å²) in [6, 6.07) is 7.55. The van der Waals surface area contributed by atoms with Gasteiger partial charge in [-0.1, -0.05) is 6.07 Å². The number of hydrogen-bond acceptors (Lipinski definition) is 2. The number of nitrogens with one attached hydrogen (secondary N) is 1. The third kappa shape index (κ3) is 3.42. The molecule has 0 spiro atoms. The predicted octanol–water partition coefficient (Wildman–Crippen LogP) is 2.18. The van der Waals surface area contributed by atoms with Crippen molar-refractivity contribution >= 4 is 28.5 Å². The molecule has 0 bridgehead atoms. The zero-order chi connectivity index (χ0) is 12.3. The maximum absolute atomic E-state index is 11.9. The van der Waals surface area contributed by atoms with Crippen molar-refractivity contribution in [3.05, 3.63) is 33.4 Å². The van der Waals surface area contributed by atoms with Gasteiger partial charge in [-0.25, -0.2) is 0 Å². The van der Waals surface area contributed by atoms with Crippen LogP contribution in [-0.4, -0.2) is 24.2 Å². The van der Waals surface area contributed by atoms with Gasteiger partial charge in [0, 0.05) is 22.3 Å². The van der Waals surface area contributed by atoms with E-state index >= 15 is 0 Å². The Morgan fingerprint density at radius 2 is 2.24 bits per heavy atom. The van der Waals surface area contributed by atoms with Gasteiger partial charge in [-0.3, -0.25) is 4.79 Å². The molecule has 0 unspecified atom stereocenters. The third-order valence-corrected chi connectivity index (χ3v) is 3.98. The maximum atomic E-state index is 11.9. The molecule has 1 saturated carbocycles. The monoisotopic (exact) mass is 345 g/mol. The highest BCUT2D eigenvalue weighted by Gasteiger charge is 2.41. The lowest BCUT2D eigenvalue weighted by Gasteiger charge is -2.14. The first-order valence-electron chi connectivity index (χ1n) is 5.80. The number of aliphatic hydroxyl groups excluding tert-OH is 1. The van der Waals surface area contributed by atoms with E-state index < -0.39 is 0 Å². The van der Waals surface area contributed by atoms with Crippen LogP contribution in [0.3, 0.4) is 0 Å². The number of amides is 1. The Kier molecular flexibility index (Phi) is 4.04. The minimum absolute atomic E-state index is 0.0206. The molecule has 1 aromatic carbocycles. The summed E-state index contributed by atoms with van der Waals surface area (Å²) in [5.41, 5.74) is 0.878. The number of benzene rings is 1. The van der Waals surface area contributed by atoms with E-state index in [-0.39, 0.29) is 17.9 Å². The lowest BCUT2D eigenvalue weighted by molar-refractivity contribution is 0.0940. The van der Waals surface area contributed by atoms with Gasteiger partial charge in [0.25, 0.3) is 5.91 Å². The van der Waals surface area contributed by atoms with Gasteiger partial charge < -0.3 is 10.4 Å². The number of carbonyl (C=O) groups excluding carboxylic acids is 1. The standard InChI is InChI=1S/C13H16INO2/c14-11-3-1-2-10(8-11)12(17)15-9-13(4-5-13)6-7-16/h1-3,8,16H,4-7,9H2,(H,15,17). The van der Waals surface area contributed by atoms with Crippen molar-refractivity contribution < 1.29 is 9.90 Å². The summed E-state index contributed by atoms with van der Waals surface area (Å²) < 4.78 is 1.06. The first-order valence-corrected chi connectivity index (χ1v) is 6.88. The molecule has 2 rings (SSSR count). The van der Waals surface area contributed by atoms with Gasteiger partial charge in [0.15, 0.2) is 0 Å². The van der Waals surface area contributed by atoms with Crippen LogP contribution in [0.4, 0.5) is 0 Å². The molecule has 1 amide bonds. The largest absolute Gasteiger partial charge is 0.396 e. The highest BCUT2D eigenvalue weighted by molar-refractivity contribution is 14.1. The van der Waals surface area contributed by atoms with Crippen LogP contribution < -0.4 is 5.32 Å². The lowest BCUT2D eigenvalue weighted by atomic mass is 10.0. The first-order chi connectivity index (χ1) is 8.15. The number of rotatable bonds is 5. The second kappa shape index (κ2) is 5.35. The topological polar surface area (TPSA) is 49.3 Å². The zero-order valence-electron chi connectivity index (χ0n) is 9.58. The highest BCUT2D eigenvalue weighted by atomic mass is 127. The SMILES string of the molecule is O=C(NCC1(CCO)CC1)c1cccc(I)c1. The smallest absolute Gasteiger partial charge is 0.251 e. The maximum Gasteiger partial charge on any atom is 0.251 e. The minimum Gasteiger partial charge on any atom is -0.396 e. The molecule has 4 heteroatoms. The van der Waals surface area contributed by atoms with E-state index in [1.807, 2.05) is 24.3 Å². The summed E-state index contributed by atoms with van der Waals surface area (Å²) in [6.07, 6.45) is 3.01. The summed E-state index contributed by atoms with van der Waals surface area (Å²) >= 11 is 2.20. The van der Waals surface area contributed by atoms with Crippen LogP contribution in [0.15, 0.2) is 24.3 Å². The molecule has 1 aliphatic carbocycles. The lowest BCUT2D eigenvalue weighted by Crippen LogP contribution is -2.30. The molecule has 0 saturated heterocycles. The van der Waals surface area contributed by atoms with Crippen LogP contribution in [0.1, 0.15) is 29.6 Å². The van der Waals surface area contributed by atoms with Gasteiger partial charge in [-0.05, 0) is 65.5 Å². The van der Waals surface area contributed by atoms with E-state index in [9.17, 15) is 4.79 Å². The molecule has 92 valence electrons. The van der Waals surface area contributed by atoms with Crippen LogP contribution >= 0.6 is 22.6 Å². The Labute approximate surface area is 115 Å². The van der Waals surface area contributed by atoms with Gasteiger partial charge in [0.1, 0.15) is 0 Å². The van der Waals surface area contributed by atoms with Crippen LogP contribution in [0, 0.1) is 8.99 Å². The quantitative estimate of drug-likeness (QED) is 0.804. The molecule has 1 fully saturated rings. The number of aliphatic hydroxyl groups is 1. The van der Waals surface area contributed by atoms with Crippen LogP contribution in [-0.2, 0) is 0 Å². The summed E-state index contributed by atoms with van der Waals surface area (Å²) in [5, 5.41) is 11.9. The van der Waals surface area contributed by atoms with E-state index in [0.29, 0.717) is 12.1 Å². The fourth-order valence-electron chi connectivity index (χ4n) is 1.93. The molecule has 3 nitrogen and oxygen atoms in total. The molecule has 1 aliphatic rings. The van der Waals surface area contributed by atoms with Gasteiger partial charge in [0.2, 0.25) is 0 Å². The predicted molar refractivity (Wildman–Crippen MR) is 74.9 cm³/mol. The van der Waals surface area contributed by atoms with E-state index in [4.69, 9.17) is 5.11 Å². The van der Waals surface area contributed by atoms with Crippen molar-refractivity contribution in [3.63, 3.8) is 0 Å². The van der Waals surface area contributed by atoms with Gasteiger partial charge in [-0.2, -0.15) is 0 Å². The summed E-state index contributed by atoms with van der Waals surface area (Å²) in [4.78, 5) is 11.9. The van der Waals surface area contributed by atoms with Crippen molar-refractivity contribution in [2.45, 2.75) is 19.3 Å². The number of carbonyl (C=O) groups is 1. The highest BCUT2D eigenvalue weighted by Crippen LogP contribution is 2.47. The number of halogens is 1. The van der Waals surface area contributed by atoms with Crippen molar-refractivity contribution in [2.75, 3.05) is 13.2 Å². The van der Waals surface area contributed by atoms with Crippen molar-refractivity contribution in [2.24, 2.45) is 5.41 Å². The molecular formula is C13H16INO2. The summed E-state index contributed by atoms with van der Waals surface area (Å²) in [6.45, 7) is 0.886. The van der Waals surface area contributed by atoms with E-state index in [1.54, 1.807) is 0 Å². The molecule has 0 radical (unpaired) electrons. The molecule has 0 heterocycles. The van der Waals surface area contributed by atoms with Gasteiger partial charge in [0.05, 0.1) is 0 Å². The van der Waals surface area contributed by atoms with E-state index in [0.717, 1.165) is 22.8 Å². The van der Waals surface area contributed by atoms with Gasteiger partial charge in [-0.15, -0.1) is 0 Å². The molecular weight excluding hydrogens is 329 g/mol. The van der Waals surface area contributed by atoms with Crippen LogP contribution in [0.2, 0.25) is 0 Å². The average molecular weight is 345 g/mol. The van der Waals surface area contributed by atoms with Crippen LogP contribution in [0.5, 0.6) is 0 Å². The van der Waals surface area contributed by atoms with E-state index in [2.05, 4.69) is 27.9 Å². The second-order valence-corrected chi connectivity index (χ2v) is 5.91. The molecule has 0 aromatic heterocycles. The third-order valence-electron chi connectivity index (χ3n) is 3.31. The van der Waals surface area contributed by atoms with Gasteiger partial charge >= 0.3 is 0 Å². The molecule has 17 heavy (non-hydrogen) atoms. The molecule has 1 aromatic rings. The fraction of sp³-hybridized carbons (Fsp3) is 0.462. The Morgan fingerprint density at radius 1 is 1.47 bits per heavy atom. The zero-order valence-corrected chi connectivity index (χ0v) is 11.7. The van der Waals surface area contributed by atoms with Crippen molar-refractivity contribution in [1.82, 2.24) is 5.32 Å². The molecule has 0 aliphatic heterocycles. The Balaban J connectivity index is 1.90. The average Bonchev–Trinajstić information content (AvgIpc) is 3.07.